The minimum Gasteiger partial charge on any atom is -0.497 e. The van der Waals surface area contributed by atoms with Gasteiger partial charge in [-0.2, -0.15) is 0 Å². The van der Waals surface area contributed by atoms with Crippen LogP contribution < -0.4 is 14.8 Å². The van der Waals surface area contributed by atoms with E-state index in [-0.39, 0.29) is 12.0 Å². The van der Waals surface area contributed by atoms with E-state index in [1.165, 1.54) is 11.3 Å². The lowest BCUT2D eigenvalue weighted by atomic mass is 10.2. The van der Waals surface area contributed by atoms with Gasteiger partial charge in [0.25, 0.3) is 5.91 Å². The molecule has 4 nitrogen and oxygen atoms in total. The molecule has 108 valence electrons. The summed E-state index contributed by atoms with van der Waals surface area (Å²) in [6.07, 6.45) is 0.00665. The van der Waals surface area contributed by atoms with Gasteiger partial charge in [-0.25, -0.2) is 0 Å². The smallest absolute Gasteiger partial charge is 0.265 e. The molecule has 0 aliphatic rings. The molecular weight excluding hydrogens is 274 g/mol. The van der Waals surface area contributed by atoms with Crippen LogP contribution >= 0.6 is 11.3 Å². The summed E-state index contributed by atoms with van der Waals surface area (Å²) in [5.41, 5.74) is 0. The van der Waals surface area contributed by atoms with E-state index in [0.717, 1.165) is 15.8 Å². The van der Waals surface area contributed by atoms with Crippen molar-refractivity contribution in [2.45, 2.75) is 26.9 Å². The number of rotatable bonds is 5. The number of hydrogen-bond acceptors (Lipinski definition) is 4. The second-order valence-electron chi connectivity index (χ2n) is 4.65. The summed E-state index contributed by atoms with van der Waals surface area (Å²) in [6.45, 7) is 6.39. The van der Waals surface area contributed by atoms with Crippen LogP contribution in [0.2, 0.25) is 0 Å². The maximum Gasteiger partial charge on any atom is 0.265 e. The van der Waals surface area contributed by atoms with Crippen molar-refractivity contribution in [1.29, 1.82) is 0 Å². The predicted octanol–water partition coefficient (Wildman–Crippen LogP) is 3.45. The number of amides is 1. The Morgan fingerprint density at radius 1 is 1.40 bits per heavy atom. The largest absolute Gasteiger partial charge is 0.497 e. The standard InChI is InChI=1S/C15H19NO3S/c1-5-16-15(17)14-13(19-9(2)3)11-8-10(18-4)6-7-12(11)20-14/h6-9H,5H2,1-4H3,(H,16,17). The molecule has 1 aromatic carbocycles. The zero-order chi connectivity index (χ0) is 14.7. The number of fused-ring (bicyclic) bond motifs is 1. The molecule has 1 aromatic heterocycles. The third-order valence-electron chi connectivity index (χ3n) is 2.75. The molecule has 0 aliphatic heterocycles. The van der Waals surface area contributed by atoms with Gasteiger partial charge in [-0.05, 0) is 39.0 Å². The maximum atomic E-state index is 12.2. The fourth-order valence-electron chi connectivity index (χ4n) is 1.92. The first-order valence-electron chi connectivity index (χ1n) is 6.62. The number of benzene rings is 1. The average Bonchev–Trinajstić information content (AvgIpc) is 2.76. The van der Waals surface area contributed by atoms with E-state index < -0.39 is 0 Å². The lowest BCUT2D eigenvalue weighted by molar-refractivity contribution is 0.0955. The predicted molar refractivity (Wildman–Crippen MR) is 82.1 cm³/mol. The molecule has 1 amide bonds. The quantitative estimate of drug-likeness (QED) is 0.918. The molecule has 1 heterocycles. The third-order valence-corrected chi connectivity index (χ3v) is 3.90. The number of carbonyl (C=O) groups excluding carboxylic acids is 1. The highest BCUT2D eigenvalue weighted by Crippen LogP contribution is 2.40. The Morgan fingerprint density at radius 2 is 2.15 bits per heavy atom. The van der Waals surface area contributed by atoms with Crippen LogP contribution in [0.4, 0.5) is 0 Å². The van der Waals surface area contributed by atoms with Crippen molar-refractivity contribution >= 4 is 27.3 Å². The van der Waals surface area contributed by atoms with Crippen LogP contribution in [0.25, 0.3) is 10.1 Å². The molecule has 0 atom stereocenters. The Balaban J connectivity index is 2.57. The normalized spacial score (nSPS) is 10.8. The van der Waals surface area contributed by atoms with E-state index in [4.69, 9.17) is 9.47 Å². The van der Waals surface area contributed by atoms with Crippen LogP contribution in [0.15, 0.2) is 18.2 Å². The molecule has 0 aliphatic carbocycles. The molecule has 2 aromatic rings. The van der Waals surface area contributed by atoms with Crippen LogP contribution in [0.5, 0.6) is 11.5 Å². The van der Waals surface area contributed by atoms with E-state index in [0.29, 0.717) is 17.2 Å². The summed E-state index contributed by atoms with van der Waals surface area (Å²) in [5, 5.41) is 3.75. The van der Waals surface area contributed by atoms with Gasteiger partial charge in [-0.15, -0.1) is 11.3 Å². The Morgan fingerprint density at radius 3 is 2.75 bits per heavy atom. The Bertz CT molecular complexity index is 619. The highest BCUT2D eigenvalue weighted by atomic mass is 32.1. The molecule has 5 heteroatoms. The van der Waals surface area contributed by atoms with Crippen molar-refractivity contribution in [2.24, 2.45) is 0 Å². The molecule has 0 radical (unpaired) electrons. The fourth-order valence-corrected chi connectivity index (χ4v) is 2.96. The second-order valence-corrected chi connectivity index (χ2v) is 5.70. The lowest BCUT2D eigenvalue weighted by Gasteiger charge is -2.11. The minimum absolute atomic E-state index is 0.00665. The van der Waals surface area contributed by atoms with Crippen molar-refractivity contribution in [3.63, 3.8) is 0 Å². The summed E-state index contributed by atoms with van der Waals surface area (Å²) >= 11 is 1.44. The summed E-state index contributed by atoms with van der Waals surface area (Å²) in [7, 11) is 1.63. The van der Waals surface area contributed by atoms with Gasteiger partial charge in [0.05, 0.1) is 13.2 Å². The van der Waals surface area contributed by atoms with Crippen molar-refractivity contribution in [1.82, 2.24) is 5.32 Å². The van der Waals surface area contributed by atoms with Crippen LogP contribution in [0.3, 0.4) is 0 Å². The molecule has 1 N–H and O–H groups in total. The SMILES string of the molecule is CCNC(=O)c1sc2ccc(OC)cc2c1OC(C)C. The van der Waals surface area contributed by atoms with Gasteiger partial charge in [-0.1, -0.05) is 0 Å². The first-order chi connectivity index (χ1) is 9.56. The number of hydrogen-bond donors (Lipinski definition) is 1. The third kappa shape index (κ3) is 2.88. The second kappa shape index (κ2) is 6.13. The van der Waals surface area contributed by atoms with Crippen LogP contribution in [0.1, 0.15) is 30.4 Å². The summed E-state index contributed by atoms with van der Waals surface area (Å²) in [5.74, 6) is 1.31. The first kappa shape index (κ1) is 14.7. The summed E-state index contributed by atoms with van der Waals surface area (Å²) in [4.78, 5) is 12.8. The summed E-state index contributed by atoms with van der Waals surface area (Å²) in [6, 6.07) is 5.75. The highest BCUT2D eigenvalue weighted by molar-refractivity contribution is 7.21. The zero-order valence-electron chi connectivity index (χ0n) is 12.1. The Hall–Kier alpha value is -1.75. The lowest BCUT2D eigenvalue weighted by Crippen LogP contribution is -2.22. The molecule has 0 spiro atoms. The van der Waals surface area contributed by atoms with Crippen LogP contribution in [0, 0.1) is 0 Å². The van der Waals surface area contributed by atoms with Gasteiger partial charge in [0.1, 0.15) is 10.6 Å². The van der Waals surface area contributed by atoms with Crippen molar-refractivity contribution < 1.29 is 14.3 Å². The number of ether oxygens (including phenoxy) is 2. The molecule has 0 fully saturated rings. The number of nitrogens with one attached hydrogen (secondary N) is 1. The van der Waals surface area contributed by atoms with Gasteiger partial charge < -0.3 is 14.8 Å². The van der Waals surface area contributed by atoms with E-state index >= 15 is 0 Å². The van der Waals surface area contributed by atoms with Gasteiger partial charge in [0.2, 0.25) is 0 Å². The Labute approximate surface area is 122 Å². The van der Waals surface area contributed by atoms with Crippen molar-refractivity contribution in [3.05, 3.63) is 23.1 Å². The minimum atomic E-state index is -0.0942. The van der Waals surface area contributed by atoms with E-state index in [1.54, 1.807) is 7.11 Å². The molecule has 0 unspecified atom stereocenters. The van der Waals surface area contributed by atoms with Gasteiger partial charge in [-0.3, -0.25) is 4.79 Å². The number of methoxy groups -OCH3 is 1. The van der Waals surface area contributed by atoms with E-state index in [1.807, 2.05) is 39.0 Å². The maximum absolute atomic E-state index is 12.2. The first-order valence-corrected chi connectivity index (χ1v) is 7.43. The van der Waals surface area contributed by atoms with Crippen molar-refractivity contribution in [2.75, 3.05) is 13.7 Å². The average molecular weight is 293 g/mol. The topological polar surface area (TPSA) is 47.6 Å². The van der Waals surface area contributed by atoms with Gasteiger partial charge >= 0.3 is 0 Å². The van der Waals surface area contributed by atoms with Crippen molar-refractivity contribution in [3.8, 4) is 11.5 Å². The molecule has 0 bridgehead atoms. The Kier molecular flexibility index (Phi) is 4.49. The zero-order valence-corrected chi connectivity index (χ0v) is 13.0. The van der Waals surface area contributed by atoms with Crippen LogP contribution in [-0.2, 0) is 0 Å². The van der Waals surface area contributed by atoms with Gasteiger partial charge in [0, 0.05) is 16.6 Å². The molecule has 2 rings (SSSR count). The molecular formula is C15H19NO3S. The van der Waals surface area contributed by atoms with Crippen LogP contribution in [-0.4, -0.2) is 25.7 Å². The van der Waals surface area contributed by atoms with Gasteiger partial charge in [0.15, 0.2) is 5.75 Å². The molecule has 0 saturated carbocycles. The molecule has 0 saturated heterocycles. The van der Waals surface area contributed by atoms with E-state index in [2.05, 4.69) is 5.32 Å². The monoisotopic (exact) mass is 293 g/mol. The highest BCUT2D eigenvalue weighted by Gasteiger charge is 2.20. The summed E-state index contributed by atoms with van der Waals surface area (Å²) < 4.78 is 12.1. The van der Waals surface area contributed by atoms with E-state index in [9.17, 15) is 4.79 Å². The molecule has 20 heavy (non-hydrogen) atoms. The number of carbonyl (C=O) groups is 1. The number of thiophene rings is 1. The fraction of sp³-hybridized carbons (Fsp3) is 0.400.